The maximum absolute atomic E-state index is 10.8. The molecule has 1 rings (SSSR count). The van der Waals surface area contributed by atoms with Crippen LogP contribution in [0.1, 0.15) is 0 Å². The van der Waals surface area contributed by atoms with Gasteiger partial charge in [-0.1, -0.05) is 0 Å². The molecular formula is C6H4BrClO3S. The summed E-state index contributed by atoms with van der Waals surface area (Å²) >= 11 is 2.99. The topological polar surface area (TPSA) is 54.4 Å². The summed E-state index contributed by atoms with van der Waals surface area (Å²) < 4.78 is 22.0. The van der Waals surface area contributed by atoms with Crippen molar-refractivity contribution in [2.45, 2.75) is 4.90 Å². The van der Waals surface area contributed by atoms with Crippen LogP contribution in [-0.2, 0) is 9.05 Å². The van der Waals surface area contributed by atoms with Crippen molar-refractivity contribution in [1.29, 1.82) is 0 Å². The van der Waals surface area contributed by atoms with Crippen LogP contribution in [0.15, 0.2) is 27.6 Å². The summed E-state index contributed by atoms with van der Waals surface area (Å²) in [5.74, 6) is -0.141. The van der Waals surface area contributed by atoms with Gasteiger partial charge in [0.05, 0.1) is 0 Å². The summed E-state index contributed by atoms with van der Waals surface area (Å²) in [6.45, 7) is 0. The number of phenols is 1. The zero-order valence-corrected chi connectivity index (χ0v) is 8.82. The Morgan fingerprint density at radius 3 is 2.42 bits per heavy atom. The average molecular weight is 272 g/mol. The molecule has 0 spiro atoms. The van der Waals surface area contributed by atoms with Gasteiger partial charge in [-0.3, -0.25) is 0 Å². The summed E-state index contributed by atoms with van der Waals surface area (Å²) in [6.07, 6.45) is 0. The van der Waals surface area contributed by atoms with E-state index in [1.165, 1.54) is 12.1 Å². The van der Waals surface area contributed by atoms with Gasteiger partial charge in [-0.15, -0.1) is 0 Å². The quantitative estimate of drug-likeness (QED) is 0.796. The van der Waals surface area contributed by atoms with Gasteiger partial charge < -0.3 is 5.11 Å². The number of aromatic hydroxyl groups is 1. The van der Waals surface area contributed by atoms with E-state index in [2.05, 4.69) is 15.9 Å². The number of rotatable bonds is 1. The first-order valence-electron chi connectivity index (χ1n) is 2.84. The van der Waals surface area contributed by atoms with Crippen LogP contribution in [0, 0.1) is 0 Å². The van der Waals surface area contributed by atoms with Crippen molar-refractivity contribution < 1.29 is 13.5 Å². The molecule has 1 aromatic carbocycles. The van der Waals surface area contributed by atoms with Crippen molar-refractivity contribution in [2.24, 2.45) is 0 Å². The standard InChI is InChI=1S/C6H4BrClO3S/c7-5-2-1-4(9)3-6(5)12(8,10)11/h1-3,9H. The molecule has 0 aliphatic carbocycles. The Labute approximate surface area is 82.5 Å². The van der Waals surface area contributed by atoms with Crippen LogP contribution in [0.25, 0.3) is 0 Å². The molecule has 0 amide bonds. The molecule has 0 unspecified atom stereocenters. The first kappa shape index (κ1) is 9.83. The van der Waals surface area contributed by atoms with Crippen LogP contribution in [-0.4, -0.2) is 13.5 Å². The largest absolute Gasteiger partial charge is 0.508 e. The third kappa shape index (κ3) is 2.12. The highest BCUT2D eigenvalue weighted by atomic mass is 79.9. The molecule has 3 nitrogen and oxygen atoms in total. The molecule has 0 atom stereocenters. The second-order valence-electron chi connectivity index (χ2n) is 2.05. The van der Waals surface area contributed by atoms with E-state index in [0.717, 1.165) is 6.07 Å². The highest BCUT2D eigenvalue weighted by molar-refractivity contribution is 9.10. The minimum absolute atomic E-state index is 0.135. The Bertz CT molecular complexity index is 401. The fourth-order valence-corrected chi connectivity index (χ4v) is 2.79. The second-order valence-corrected chi connectivity index (χ2v) is 5.44. The number of halogens is 2. The van der Waals surface area contributed by atoms with Crippen LogP contribution >= 0.6 is 26.6 Å². The molecule has 0 radical (unpaired) electrons. The van der Waals surface area contributed by atoms with Crippen molar-refractivity contribution in [2.75, 3.05) is 0 Å². The number of phenolic OH excluding ortho intramolecular Hbond substituents is 1. The van der Waals surface area contributed by atoms with E-state index in [0.29, 0.717) is 4.47 Å². The summed E-state index contributed by atoms with van der Waals surface area (Å²) in [7, 11) is 1.28. The van der Waals surface area contributed by atoms with E-state index in [1.54, 1.807) is 0 Å². The fourth-order valence-electron chi connectivity index (χ4n) is 0.679. The lowest BCUT2D eigenvalue weighted by Gasteiger charge is -1.99. The normalized spacial score (nSPS) is 11.5. The maximum Gasteiger partial charge on any atom is 0.262 e. The zero-order chi connectivity index (χ0) is 9.35. The third-order valence-corrected chi connectivity index (χ3v) is 3.49. The van der Waals surface area contributed by atoms with Crippen LogP contribution in [0.5, 0.6) is 5.75 Å². The SMILES string of the molecule is O=S(=O)(Cl)c1cc(O)ccc1Br. The molecule has 66 valence electrons. The molecule has 0 aromatic heterocycles. The molecule has 0 aliphatic heterocycles. The minimum Gasteiger partial charge on any atom is -0.508 e. The van der Waals surface area contributed by atoms with E-state index in [9.17, 15) is 8.42 Å². The first-order chi connectivity index (χ1) is 5.41. The van der Waals surface area contributed by atoms with Crippen molar-refractivity contribution in [1.82, 2.24) is 0 Å². The van der Waals surface area contributed by atoms with E-state index >= 15 is 0 Å². The number of hydrogen-bond acceptors (Lipinski definition) is 3. The molecule has 6 heteroatoms. The van der Waals surface area contributed by atoms with Crippen LogP contribution in [0.4, 0.5) is 0 Å². The zero-order valence-electron chi connectivity index (χ0n) is 5.66. The van der Waals surface area contributed by atoms with E-state index < -0.39 is 9.05 Å². The highest BCUT2D eigenvalue weighted by Crippen LogP contribution is 2.28. The summed E-state index contributed by atoms with van der Waals surface area (Å²) in [5, 5.41) is 8.96. The molecule has 0 heterocycles. The maximum atomic E-state index is 10.8. The van der Waals surface area contributed by atoms with Gasteiger partial charge in [0.25, 0.3) is 9.05 Å². The Kier molecular flexibility index (Phi) is 2.65. The Morgan fingerprint density at radius 1 is 1.42 bits per heavy atom. The van der Waals surface area contributed by atoms with Gasteiger partial charge in [-0.25, -0.2) is 8.42 Å². The second kappa shape index (κ2) is 3.24. The fraction of sp³-hybridized carbons (Fsp3) is 0. The van der Waals surface area contributed by atoms with Gasteiger partial charge in [-0.2, -0.15) is 0 Å². The van der Waals surface area contributed by atoms with Gasteiger partial charge >= 0.3 is 0 Å². The van der Waals surface area contributed by atoms with Crippen LogP contribution in [0.2, 0.25) is 0 Å². The minimum atomic E-state index is -3.79. The lowest BCUT2D eigenvalue weighted by molar-refractivity contribution is 0.473. The molecule has 1 aromatic rings. The van der Waals surface area contributed by atoms with Gasteiger partial charge in [0.2, 0.25) is 0 Å². The van der Waals surface area contributed by atoms with E-state index in [-0.39, 0.29) is 10.6 Å². The van der Waals surface area contributed by atoms with Gasteiger partial charge in [0.15, 0.2) is 0 Å². The summed E-state index contributed by atoms with van der Waals surface area (Å²) in [4.78, 5) is -0.135. The van der Waals surface area contributed by atoms with Crippen LogP contribution in [0.3, 0.4) is 0 Å². The predicted molar refractivity (Wildman–Crippen MR) is 48.8 cm³/mol. The monoisotopic (exact) mass is 270 g/mol. The Hall–Kier alpha value is -0.260. The average Bonchev–Trinajstić information content (AvgIpc) is 1.92. The highest BCUT2D eigenvalue weighted by Gasteiger charge is 2.14. The molecule has 0 bridgehead atoms. The van der Waals surface area contributed by atoms with Crippen LogP contribution < -0.4 is 0 Å². The molecular weight excluding hydrogens is 267 g/mol. The number of hydrogen-bond donors (Lipinski definition) is 1. The summed E-state index contributed by atoms with van der Waals surface area (Å²) in [6, 6.07) is 3.84. The number of benzene rings is 1. The Balaban J connectivity index is 3.43. The molecule has 1 N–H and O–H groups in total. The Morgan fingerprint density at radius 2 is 2.00 bits per heavy atom. The van der Waals surface area contributed by atoms with Crippen molar-refractivity contribution in [3.05, 3.63) is 22.7 Å². The first-order valence-corrected chi connectivity index (χ1v) is 5.94. The molecule has 12 heavy (non-hydrogen) atoms. The van der Waals surface area contributed by atoms with Gasteiger partial charge in [-0.05, 0) is 28.1 Å². The van der Waals surface area contributed by atoms with Gasteiger partial charge in [0.1, 0.15) is 10.6 Å². The lowest BCUT2D eigenvalue weighted by atomic mass is 10.3. The van der Waals surface area contributed by atoms with E-state index in [4.69, 9.17) is 15.8 Å². The predicted octanol–water partition coefficient (Wildman–Crippen LogP) is 2.08. The lowest BCUT2D eigenvalue weighted by Crippen LogP contribution is -1.91. The van der Waals surface area contributed by atoms with Crippen molar-refractivity contribution >= 4 is 35.7 Å². The molecule has 0 fully saturated rings. The van der Waals surface area contributed by atoms with Crippen molar-refractivity contribution in [3.63, 3.8) is 0 Å². The molecule has 0 saturated heterocycles. The van der Waals surface area contributed by atoms with Gasteiger partial charge in [0, 0.05) is 21.2 Å². The smallest absolute Gasteiger partial charge is 0.262 e. The molecule has 0 aliphatic rings. The summed E-state index contributed by atoms with van der Waals surface area (Å²) in [5.41, 5.74) is 0. The third-order valence-electron chi connectivity index (χ3n) is 1.18. The van der Waals surface area contributed by atoms with Crippen molar-refractivity contribution in [3.8, 4) is 5.75 Å². The molecule has 0 saturated carbocycles. The van der Waals surface area contributed by atoms with E-state index in [1.807, 2.05) is 0 Å².